The minimum Gasteiger partial charge on any atom is -0.497 e. The maximum Gasteiger partial charge on any atom is 0.134 e. The summed E-state index contributed by atoms with van der Waals surface area (Å²) >= 11 is 0. The minimum absolute atomic E-state index is 0.489. The van der Waals surface area contributed by atoms with Crippen molar-refractivity contribution in [3.05, 3.63) is 60.4 Å². The average molecular weight is 254 g/mol. The lowest BCUT2D eigenvalue weighted by Crippen LogP contribution is -1.94. The van der Waals surface area contributed by atoms with Gasteiger partial charge in [-0.15, -0.1) is 0 Å². The topological polar surface area (TPSA) is 31.6 Å². The zero-order valence-electron chi connectivity index (χ0n) is 10.6. The van der Waals surface area contributed by atoms with Gasteiger partial charge in [0.25, 0.3) is 0 Å². The molecule has 3 heteroatoms. The van der Waals surface area contributed by atoms with Gasteiger partial charge in [-0.05, 0) is 30.3 Å². The standard InChI is InChI=1S/C16H14O3/c1-17-13-6-8-14(9-7-13)18-10-12-11-19-16-5-3-2-4-15(12)16/h2-9,11H,10H2,1H3. The van der Waals surface area contributed by atoms with Crippen LogP contribution in [0.4, 0.5) is 0 Å². The van der Waals surface area contributed by atoms with Gasteiger partial charge >= 0.3 is 0 Å². The first-order valence-electron chi connectivity index (χ1n) is 6.09. The molecule has 3 aromatic rings. The van der Waals surface area contributed by atoms with Crippen LogP contribution in [0.3, 0.4) is 0 Å². The molecule has 1 aromatic heterocycles. The fourth-order valence-corrected chi connectivity index (χ4v) is 1.98. The summed E-state index contributed by atoms with van der Waals surface area (Å²) in [7, 11) is 1.65. The van der Waals surface area contributed by atoms with E-state index in [9.17, 15) is 0 Å². The Hall–Kier alpha value is -2.42. The SMILES string of the molecule is COc1ccc(OCc2coc3ccccc23)cc1. The number of para-hydroxylation sites is 1. The van der Waals surface area contributed by atoms with E-state index in [1.807, 2.05) is 48.5 Å². The second-order valence-electron chi connectivity index (χ2n) is 4.22. The molecule has 1 heterocycles. The van der Waals surface area contributed by atoms with Crippen molar-refractivity contribution in [3.63, 3.8) is 0 Å². The Morgan fingerprint density at radius 2 is 1.68 bits per heavy atom. The van der Waals surface area contributed by atoms with E-state index < -0.39 is 0 Å². The van der Waals surface area contributed by atoms with Crippen molar-refractivity contribution >= 4 is 11.0 Å². The van der Waals surface area contributed by atoms with Crippen LogP contribution in [-0.4, -0.2) is 7.11 Å². The number of hydrogen-bond donors (Lipinski definition) is 0. The fourth-order valence-electron chi connectivity index (χ4n) is 1.98. The van der Waals surface area contributed by atoms with Crippen LogP contribution in [0.2, 0.25) is 0 Å². The van der Waals surface area contributed by atoms with E-state index in [1.54, 1.807) is 13.4 Å². The fraction of sp³-hybridized carbons (Fsp3) is 0.125. The van der Waals surface area contributed by atoms with Crippen molar-refractivity contribution in [1.29, 1.82) is 0 Å². The van der Waals surface area contributed by atoms with Crippen molar-refractivity contribution < 1.29 is 13.9 Å². The van der Waals surface area contributed by atoms with E-state index in [0.29, 0.717) is 6.61 Å². The van der Waals surface area contributed by atoms with Gasteiger partial charge in [-0.2, -0.15) is 0 Å². The van der Waals surface area contributed by atoms with E-state index in [2.05, 4.69) is 0 Å². The summed E-state index contributed by atoms with van der Waals surface area (Å²) in [5.41, 5.74) is 1.93. The molecule has 2 aromatic carbocycles. The number of furan rings is 1. The van der Waals surface area contributed by atoms with Crippen molar-refractivity contribution in [2.24, 2.45) is 0 Å². The van der Waals surface area contributed by atoms with Crippen LogP contribution in [0.5, 0.6) is 11.5 Å². The highest BCUT2D eigenvalue weighted by atomic mass is 16.5. The molecule has 0 aliphatic rings. The van der Waals surface area contributed by atoms with Crippen LogP contribution in [0, 0.1) is 0 Å². The van der Waals surface area contributed by atoms with Crippen LogP contribution < -0.4 is 9.47 Å². The lowest BCUT2D eigenvalue weighted by Gasteiger charge is -2.05. The highest BCUT2D eigenvalue weighted by molar-refractivity contribution is 5.80. The van der Waals surface area contributed by atoms with Gasteiger partial charge in [0.15, 0.2) is 0 Å². The third kappa shape index (κ3) is 2.40. The Balaban J connectivity index is 1.74. The van der Waals surface area contributed by atoms with Gasteiger partial charge in [-0.3, -0.25) is 0 Å². The van der Waals surface area contributed by atoms with Crippen LogP contribution in [0.15, 0.2) is 59.2 Å². The Labute approximate surface area is 111 Å². The van der Waals surface area contributed by atoms with Crippen LogP contribution >= 0.6 is 0 Å². The Bertz CT molecular complexity index is 668. The predicted octanol–water partition coefficient (Wildman–Crippen LogP) is 4.02. The average Bonchev–Trinajstić information content (AvgIpc) is 2.89. The molecule has 0 bridgehead atoms. The van der Waals surface area contributed by atoms with Crippen LogP contribution in [-0.2, 0) is 6.61 Å². The summed E-state index contributed by atoms with van der Waals surface area (Å²) in [6.07, 6.45) is 1.74. The van der Waals surface area contributed by atoms with E-state index >= 15 is 0 Å². The summed E-state index contributed by atoms with van der Waals surface area (Å²) in [6.45, 7) is 0.489. The number of ether oxygens (including phenoxy) is 2. The van der Waals surface area contributed by atoms with Gasteiger partial charge in [0.2, 0.25) is 0 Å². The molecular formula is C16H14O3. The summed E-state index contributed by atoms with van der Waals surface area (Å²) in [5, 5.41) is 1.09. The molecule has 0 radical (unpaired) electrons. The molecule has 0 unspecified atom stereocenters. The molecule has 0 spiro atoms. The Morgan fingerprint density at radius 1 is 0.947 bits per heavy atom. The lowest BCUT2D eigenvalue weighted by molar-refractivity contribution is 0.305. The third-order valence-electron chi connectivity index (χ3n) is 3.01. The smallest absolute Gasteiger partial charge is 0.134 e. The summed E-state index contributed by atoms with van der Waals surface area (Å²) < 4.78 is 16.3. The highest BCUT2D eigenvalue weighted by Crippen LogP contribution is 2.23. The second kappa shape index (κ2) is 5.06. The summed E-state index contributed by atoms with van der Waals surface area (Å²) in [6, 6.07) is 15.5. The molecule has 0 aliphatic carbocycles. The second-order valence-corrected chi connectivity index (χ2v) is 4.22. The molecule has 96 valence electrons. The number of hydrogen-bond acceptors (Lipinski definition) is 3. The van der Waals surface area contributed by atoms with Crippen LogP contribution in [0.1, 0.15) is 5.56 Å². The third-order valence-corrected chi connectivity index (χ3v) is 3.01. The maximum absolute atomic E-state index is 5.74. The maximum atomic E-state index is 5.74. The van der Waals surface area contributed by atoms with E-state index in [0.717, 1.165) is 28.0 Å². The van der Waals surface area contributed by atoms with Crippen molar-refractivity contribution in [2.45, 2.75) is 6.61 Å². The molecule has 0 amide bonds. The molecule has 3 rings (SSSR count). The number of benzene rings is 2. The number of methoxy groups -OCH3 is 1. The van der Waals surface area contributed by atoms with Gasteiger partial charge in [-0.25, -0.2) is 0 Å². The first kappa shape index (κ1) is 11.7. The van der Waals surface area contributed by atoms with Gasteiger partial charge in [0.05, 0.1) is 13.4 Å². The van der Waals surface area contributed by atoms with Gasteiger partial charge in [0, 0.05) is 10.9 Å². The quantitative estimate of drug-likeness (QED) is 0.704. The molecule has 0 N–H and O–H groups in total. The number of rotatable bonds is 4. The predicted molar refractivity (Wildman–Crippen MR) is 73.5 cm³/mol. The van der Waals surface area contributed by atoms with Crippen molar-refractivity contribution in [2.75, 3.05) is 7.11 Å². The zero-order chi connectivity index (χ0) is 13.1. The molecular weight excluding hydrogens is 240 g/mol. The summed E-state index contributed by atoms with van der Waals surface area (Å²) in [5.74, 6) is 1.63. The minimum atomic E-state index is 0.489. The summed E-state index contributed by atoms with van der Waals surface area (Å²) in [4.78, 5) is 0. The monoisotopic (exact) mass is 254 g/mol. The molecule has 0 saturated carbocycles. The molecule has 0 atom stereocenters. The van der Waals surface area contributed by atoms with E-state index in [1.165, 1.54) is 0 Å². The highest BCUT2D eigenvalue weighted by Gasteiger charge is 2.05. The lowest BCUT2D eigenvalue weighted by atomic mass is 10.2. The Morgan fingerprint density at radius 3 is 2.47 bits per heavy atom. The van der Waals surface area contributed by atoms with E-state index in [-0.39, 0.29) is 0 Å². The first-order valence-corrected chi connectivity index (χ1v) is 6.09. The largest absolute Gasteiger partial charge is 0.497 e. The first-order chi connectivity index (χ1) is 9.36. The molecule has 19 heavy (non-hydrogen) atoms. The van der Waals surface area contributed by atoms with E-state index in [4.69, 9.17) is 13.9 Å². The van der Waals surface area contributed by atoms with Crippen LogP contribution in [0.25, 0.3) is 11.0 Å². The van der Waals surface area contributed by atoms with Crippen molar-refractivity contribution in [3.8, 4) is 11.5 Å². The normalized spacial score (nSPS) is 10.6. The molecule has 0 saturated heterocycles. The molecule has 0 aliphatic heterocycles. The van der Waals surface area contributed by atoms with Gasteiger partial charge < -0.3 is 13.9 Å². The zero-order valence-corrected chi connectivity index (χ0v) is 10.6. The molecule has 0 fully saturated rings. The Kier molecular flexibility index (Phi) is 3.11. The number of fused-ring (bicyclic) bond motifs is 1. The molecule has 3 nitrogen and oxygen atoms in total. The van der Waals surface area contributed by atoms with Crippen molar-refractivity contribution in [1.82, 2.24) is 0 Å². The van der Waals surface area contributed by atoms with Gasteiger partial charge in [0.1, 0.15) is 23.7 Å². The van der Waals surface area contributed by atoms with Gasteiger partial charge in [-0.1, -0.05) is 18.2 Å².